The number of benzene rings is 1. The van der Waals surface area contributed by atoms with Crippen LogP contribution in [0.2, 0.25) is 0 Å². The van der Waals surface area contributed by atoms with E-state index in [1.165, 1.54) is 0 Å². The molecule has 8 nitrogen and oxygen atoms in total. The Morgan fingerprint density at radius 2 is 1.64 bits per heavy atom. The molecule has 1 fully saturated rings. The van der Waals surface area contributed by atoms with Gasteiger partial charge in [-0.15, -0.1) is 0 Å². The zero-order valence-electron chi connectivity index (χ0n) is 16.7. The van der Waals surface area contributed by atoms with Gasteiger partial charge in [-0.3, -0.25) is 4.79 Å². The van der Waals surface area contributed by atoms with Crippen molar-refractivity contribution in [3.05, 3.63) is 29.7 Å². The first-order valence-electron chi connectivity index (χ1n) is 9.27. The van der Waals surface area contributed by atoms with Crippen LogP contribution >= 0.6 is 0 Å². The van der Waals surface area contributed by atoms with E-state index in [1.807, 2.05) is 0 Å². The van der Waals surface area contributed by atoms with Crippen molar-refractivity contribution in [2.45, 2.75) is 38.6 Å². The quantitative estimate of drug-likeness (QED) is 0.754. The molecule has 3 rings (SSSR count). The SMILES string of the molecule is COc1cc(Nc2cc(C(=O)NC3CCCC3)nc(C)n2)cc(OC)c1OC. The minimum absolute atomic E-state index is 0.176. The van der Waals surface area contributed by atoms with Crippen LogP contribution in [0.1, 0.15) is 42.0 Å². The monoisotopic (exact) mass is 386 g/mol. The standard InChI is InChI=1S/C20H26N4O4/c1-12-21-15(20(25)24-13-7-5-6-8-13)11-18(22-12)23-14-9-16(26-2)19(28-4)17(10-14)27-3/h9-11,13H,5-8H2,1-4H3,(H,24,25)(H,21,22,23). The van der Waals surface area contributed by atoms with E-state index in [2.05, 4.69) is 20.6 Å². The summed E-state index contributed by atoms with van der Waals surface area (Å²) in [5.74, 6) is 2.40. The lowest BCUT2D eigenvalue weighted by Gasteiger charge is -2.15. The normalized spacial score (nSPS) is 13.9. The molecule has 150 valence electrons. The molecule has 8 heteroatoms. The molecule has 0 saturated heterocycles. The minimum Gasteiger partial charge on any atom is -0.493 e. The number of methoxy groups -OCH3 is 3. The topological polar surface area (TPSA) is 94.6 Å². The number of carbonyl (C=O) groups excluding carboxylic acids is 1. The Bertz CT molecular complexity index is 825. The van der Waals surface area contributed by atoms with Gasteiger partial charge in [0.05, 0.1) is 21.3 Å². The Morgan fingerprint density at radius 1 is 1.00 bits per heavy atom. The highest BCUT2D eigenvalue weighted by Gasteiger charge is 2.20. The summed E-state index contributed by atoms with van der Waals surface area (Å²) in [5, 5.41) is 6.24. The van der Waals surface area contributed by atoms with E-state index in [-0.39, 0.29) is 11.9 Å². The van der Waals surface area contributed by atoms with E-state index in [9.17, 15) is 4.79 Å². The lowest BCUT2D eigenvalue weighted by atomic mass is 10.2. The van der Waals surface area contributed by atoms with Crippen molar-refractivity contribution in [3.63, 3.8) is 0 Å². The molecule has 1 saturated carbocycles. The molecule has 1 aliphatic rings. The minimum atomic E-state index is -0.176. The lowest BCUT2D eigenvalue weighted by Crippen LogP contribution is -2.33. The first-order valence-corrected chi connectivity index (χ1v) is 9.27. The first-order chi connectivity index (χ1) is 13.5. The van der Waals surface area contributed by atoms with Gasteiger partial charge in [-0.05, 0) is 19.8 Å². The predicted molar refractivity (Wildman–Crippen MR) is 106 cm³/mol. The highest BCUT2D eigenvalue weighted by atomic mass is 16.5. The summed E-state index contributed by atoms with van der Waals surface area (Å²) in [6.45, 7) is 1.76. The summed E-state index contributed by atoms with van der Waals surface area (Å²) in [6, 6.07) is 5.42. The molecule has 1 aromatic carbocycles. The molecule has 0 unspecified atom stereocenters. The maximum Gasteiger partial charge on any atom is 0.270 e. The predicted octanol–water partition coefficient (Wildman–Crippen LogP) is 3.23. The molecule has 2 N–H and O–H groups in total. The summed E-state index contributed by atoms with van der Waals surface area (Å²) >= 11 is 0. The van der Waals surface area contributed by atoms with Gasteiger partial charge in [0.2, 0.25) is 5.75 Å². The van der Waals surface area contributed by atoms with Crippen LogP contribution in [-0.2, 0) is 0 Å². The second kappa shape index (κ2) is 8.77. The number of ether oxygens (including phenoxy) is 3. The maximum atomic E-state index is 12.6. The fourth-order valence-electron chi connectivity index (χ4n) is 3.38. The van der Waals surface area contributed by atoms with Crippen molar-refractivity contribution in [2.24, 2.45) is 0 Å². The molecular weight excluding hydrogens is 360 g/mol. The third-order valence-corrected chi connectivity index (χ3v) is 4.70. The second-order valence-electron chi connectivity index (χ2n) is 6.68. The molecule has 1 amide bonds. The van der Waals surface area contributed by atoms with Crippen LogP contribution < -0.4 is 24.8 Å². The van der Waals surface area contributed by atoms with Gasteiger partial charge in [0.15, 0.2) is 11.5 Å². The van der Waals surface area contributed by atoms with Gasteiger partial charge < -0.3 is 24.8 Å². The van der Waals surface area contributed by atoms with Crippen LogP contribution in [0.5, 0.6) is 17.2 Å². The highest BCUT2D eigenvalue weighted by molar-refractivity contribution is 5.93. The number of rotatable bonds is 7. The summed E-state index contributed by atoms with van der Waals surface area (Å²) in [4.78, 5) is 21.2. The Hall–Kier alpha value is -3.03. The van der Waals surface area contributed by atoms with Crippen molar-refractivity contribution < 1.29 is 19.0 Å². The number of nitrogens with zero attached hydrogens (tertiary/aromatic N) is 2. The average molecular weight is 386 g/mol. The Balaban J connectivity index is 1.84. The average Bonchev–Trinajstić information content (AvgIpc) is 3.19. The Labute approximate surface area is 164 Å². The van der Waals surface area contributed by atoms with Gasteiger partial charge in [-0.25, -0.2) is 9.97 Å². The molecule has 0 atom stereocenters. The largest absolute Gasteiger partial charge is 0.493 e. The molecule has 2 aromatic rings. The van der Waals surface area contributed by atoms with Crippen LogP contribution in [0.25, 0.3) is 0 Å². The van der Waals surface area contributed by atoms with Gasteiger partial charge in [0, 0.05) is 29.9 Å². The van der Waals surface area contributed by atoms with Gasteiger partial charge in [0.25, 0.3) is 5.91 Å². The molecule has 28 heavy (non-hydrogen) atoms. The van der Waals surface area contributed by atoms with Crippen LogP contribution in [0.3, 0.4) is 0 Å². The third kappa shape index (κ3) is 4.44. The van der Waals surface area contributed by atoms with Crippen molar-refractivity contribution in [2.75, 3.05) is 26.6 Å². The van der Waals surface area contributed by atoms with Crippen molar-refractivity contribution in [1.29, 1.82) is 0 Å². The zero-order chi connectivity index (χ0) is 20.1. The molecule has 1 aromatic heterocycles. The zero-order valence-corrected chi connectivity index (χ0v) is 16.7. The van der Waals surface area contributed by atoms with E-state index in [0.717, 1.165) is 25.7 Å². The van der Waals surface area contributed by atoms with E-state index in [4.69, 9.17) is 14.2 Å². The van der Waals surface area contributed by atoms with Gasteiger partial charge in [-0.1, -0.05) is 12.8 Å². The first kappa shape index (κ1) is 19.7. The van der Waals surface area contributed by atoms with E-state index in [1.54, 1.807) is 46.5 Å². The van der Waals surface area contributed by atoms with Crippen LogP contribution in [-0.4, -0.2) is 43.2 Å². The molecular formula is C20H26N4O4. The summed E-state index contributed by atoms with van der Waals surface area (Å²) < 4.78 is 16.1. The molecule has 0 aliphatic heterocycles. The van der Waals surface area contributed by atoms with Gasteiger partial charge >= 0.3 is 0 Å². The molecule has 1 aliphatic carbocycles. The van der Waals surface area contributed by atoms with Crippen LogP contribution in [0, 0.1) is 6.92 Å². The number of carbonyl (C=O) groups is 1. The smallest absolute Gasteiger partial charge is 0.270 e. The van der Waals surface area contributed by atoms with Crippen molar-refractivity contribution in [3.8, 4) is 17.2 Å². The number of nitrogens with one attached hydrogen (secondary N) is 2. The number of hydrogen-bond acceptors (Lipinski definition) is 7. The van der Waals surface area contributed by atoms with Gasteiger partial charge in [-0.2, -0.15) is 0 Å². The van der Waals surface area contributed by atoms with Crippen LogP contribution in [0.4, 0.5) is 11.5 Å². The Kier molecular flexibility index (Phi) is 6.18. The fraction of sp³-hybridized carbons (Fsp3) is 0.450. The summed E-state index contributed by atoms with van der Waals surface area (Å²) in [5.41, 5.74) is 1.03. The second-order valence-corrected chi connectivity index (χ2v) is 6.68. The fourth-order valence-corrected chi connectivity index (χ4v) is 3.38. The van der Waals surface area contributed by atoms with Gasteiger partial charge in [0.1, 0.15) is 17.3 Å². The number of aryl methyl sites for hydroxylation is 1. The maximum absolute atomic E-state index is 12.6. The molecule has 0 radical (unpaired) electrons. The number of anilines is 2. The molecule has 1 heterocycles. The summed E-state index contributed by atoms with van der Waals surface area (Å²) in [6.07, 6.45) is 4.35. The molecule has 0 bridgehead atoms. The van der Waals surface area contributed by atoms with E-state index in [0.29, 0.717) is 40.3 Å². The van der Waals surface area contributed by atoms with E-state index < -0.39 is 0 Å². The van der Waals surface area contributed by atoms with Crippen LogP contribution in [0.15, 0.2) is 18.2 Å². The highest BCUT2D eigenvalue weighted by Crippen LogP contribution is 2.40. The number of aromatic nitrogens is 2. The molecule has 0 spiro atoms. The van der Waals surface area contributed by atoms with Crippen molar-refractivity contribution in [1.82, 2.24) is 15.3 Å². The lowest BCUT2D eigenvalue weighted by molar-refractivity contribution is 0.0932. The summed E-state index contributed by atoms with van der Waals surface area (Å²) in [7, 11) is 4.67. The number of hydrogen-bond donors (Lipinski definition) is 2. The van der Waals surface area contributed by atoms with E-state index >= 15 is 0 Å². The number of amides is 1. The Morgan fingerprint density at radius 3 is 2.21 bits per heavy atom. The van der Waals surface area contributed by atoms with Crippen molar-refractivity contribution >= 4 is 17.4 Å². The third-order valence-electron chi connectivity index (χ3n) is 4.70.